The van der Waals surface area contributed by atoms with E-state index >= 15 is 0 Å². The zero-order valence-electron chi connectivity index (χ0n) is 8.09. The van der Waals surface area contributed by atoms with E-state index in [1.807, 2.05) is 29.3 Å². The Kier molecular flexibility index (Phi) is 2.84. The lowest BCUT2D eigenvalue weighted by Crippen LogP contribution is -2.06. The van der Waals surface area contributed by atoms with E-state index in [4.69, 9.17) is 5.26 Å². The summed E-state index contributed by atoms with van der Waals surface area (Å²) in [6, 6.07) is 9.61. The Morgan fingerprint density at radius 1 is 1.53 bits per heavy atom. The lowest BCUT2D eigenvalue weighted by atomic mass is 10.1. The number of nitriles is 1. The van der Waals surface area contributed by atoms with Gasteiger partial charge in [0.1, 0.15) is 6.54 Å². The SMILES string of the molecule is N#Cc1ccccc1C[N+]1=CS(=O)C[CH-]1. The minimum Gasteiger partial charge on any atom is -0.354 e. The van der Waals surface area contributed by atoms with Gasteiger partial charge in [0, 0.05) is 28.7 Å². The van der Waals surface area contributed by atoms with Gasteiger partial charge in [-0.1, -0.05) is 18.2 Å². The van der Waals surface area contributed by atoms with Crippen LogP contribution in [0.1, 0.15) is 11.1 Å². The molecule has 0 aromatic heterocycles. The standard InChI is InChI=1S/C11H10N2OS/c12-7-10-3-1-2-4-11(10)8-13-5-6-15(14)9-13/h1-5,9H,6,8H2. The van der Waals surface area contributed by atoms with E-state index in [9.17, 15) is 4.21 Å². The molecule has 1 unspecified atom stereocenters. The highest BCUT2D eigenvalue weighted by Gasteiger charge is 2.11. The Balaban J connectivity index is 2.22. The molecule has 1 atom stereocenters. The maximum Gasteiger partial charge on any atom is 0.143 e. The molecule has 0 aliphatic carbocycles. The molecule has 0 saturated heterocycles. The summed E-state index contributed by atoms with van der Waals surface area (Å²) < 4.78 is 13.0. The van der Waals surface area contributed by atoms with E-state index in [2.05, 4.69) is 6.07 Å². The molecule has 0 fully saturated rings. The van der Waals surface area contributed by atoms with Gasteiger partial charge < -0.3 is 4.58 Å². The van der Waals surface area contributed by atoms with Crippen molar-refractivity contribution in [2.75, 3.05) is 5.75 Å². The number of rotatable bonds is 2. The molecular formula is C11H10N2OS. The van der Waals surface area contributed by atoms with E-state index in [1.54, 1.807) is 11.6 Å². The van der Waals surface area contributed by atoms with Crippen LogP contribution < -0.4 is 0 Å². The Labute approximate surface area is 91.1 Å². The van der Waals surface area contributed by atoms with Crippen molar-refractivity contribution in [2.45, 2.75) is 6.54 Å². The fourth-order valence-corrected chi connectivity index (χ4v) is 2.36. The minimum absolute atomic E-state index is 0.578. The van der Waals surface area contributed by atoms with Gasteiger partial charge >= 0.3 is 0 Å². The summed E-state index contributed by atoms with van der Waals surface area (Å²) in [5, 5.41) is 8.90. The van der Waals surface area contributed by atoms with Gasteiger partial charge in [-0.3, -0.25) is 4.21 Å². The number of hydrogen-bond acceptors (Lipinski definition) is 2. The summed E-state index contributed by atoms with van der Waals surface area (Å²) in [4.78, 5) is 0. The summed E-state index contributed by atoms with van der Waals surface area (Å²) >= 11 is 0. The Morgan fingerprint density at radius 3 is 3.00 bits per heavy atom. The molecule has 15 heavy (non-hydrogen) atoms. The molecule has 4 heteroatoms. The van der Waals surface area contributed by atoms with Crippen LogP contribution in [0.2, 0.25) is 0 Å². The quantitative estimate of drug-likeness (QED) is 0.549. The third-order valence-corrected chi connectivity index (χ3v) is 3.20. The first kappa shape index (κ1) is 9.94. The fourth-order valence-electron chi connectivity index (χ4n) is 1.47. The summed E-state index contributed by atoms with van der Waals surface area (Å²) in [5.41, 5.74) is 3.33. The van der Waals surface area contributed by atoms with Gasteiger partial charge in [-0.2, -0.15) is 5.26 Å². The molecular weight excluding hydrogens is 208 g/mol. The maximum absolute atomic E-state index is 11.1. The van der Waals surface area contributed by atoms with Crippen molar-refractivity contribution in [3.05, 3.63) is 41.9 Å². The minimum atomic E-state index is -0.873. The molecule has 1 aliphatic heterocycles. The number of hydrogen-bond donors (Lipinski definition) is 0. The summed E-state index contributed by atoms with van der Waals surface area (Å²) in [7, 11) is -0.873. The van der Waals surface area contributed by atoms with Crippen LogP contribution in [0.5, 0.6) is 0 Å². The third kappa shape index (κ3) is 2.25. The van der Waals surface area contributed by atoms with Crippen molar-refractivity contribution < 1.29 is 8.78 Å². The largest absolute Gasteiger partial charge is 0.354 e. The van der Waals surface area contributed by atoms with E-state index in [-0.39, 0.29) is 0 Å². The van der Waals surface area contributed by atoms with Gasteiger partial charge in [0.05, 0.1) is 17.2 Å². The monoisotopic (exact) mass is 218 g/mol. The molecule has 2 rings (SSSR count). The summed E-state index contributed by atoms with van der Waals surface area (Å²) in [5.74, 6) is 0.578. The van der Waals surface area contributed by atoms with Crippen LogP contribution in [-0.2, 0) is 17.3 Å². The highest BCUT2D eigenvalue weighted by atomic mass is 32.2. The van der Waals surface area contributed by atoms with Crippen molar-refractivity contribution in [3.63, 3.8) is 0 Å². The van der Waals surface area contributed by atoms with Crippen LogP contribution in [0.3, 0.4) is 0 Å². The second-order valence-corrected chi connectivity index (χ2v) is 4.58. The van der Waals surface area contributed by atoms with Crippen LogP contribution in [0.25, 0.3) is 0 Å². The zero-order valence-corrected chi connectivity index (χ0v) is 8.91. The van der Waals surface area contributed by atoms with Gasteiger partial charge in [-0.05, 0) is 6.07 Å². The highest BCUT2D eigenvalue weighted by Crippen LogP contribution is 2.10. The van der Waals surface area contributed by atoms with Gasteiger partial charge in [0.2, 0.25) is 0 Å². The molecule has 0 amide bonds. The first-order valence-electron chi connectivity index (χ1n) is 4.59. The molecule has 0 radical (unpaired) electrons. The molecule has 1 aromatic carbocycles. The lowest BCUT2D eigenvalue weighted by molar-refractivity contribution is -0.492. The Bertz CT molecular complexity index is 474. The van der Waals surface area contributed by atoms with E-state index < -0.39 is 10.8 Å². The average molecular weight is 218 g/mol. The lowest BCUT2D eigenvalue weighted by Gasteiger charge is -2.04. The van der Waals surface area contributed by atoms with Crippen LogP contribution >= 0.6 is 0 Å². The summed E-state index contributed by atoms with van der Waals surface area (Å²) in [6.45, 7) is 2.51. The van der Waals surface area contributed by atoms with Crippen molar-refractivity contribution in [2.24, 2.45) is 0 Å². The second kappa shape index (κ2) is 4.28. The molecule has 3 nitrogen and oxygen atoms in total. The summed E-state index contributed by atoms with van der Waals surface area (Å²) in [6.07, 6.45) is 0. The molecule has 1 aromatic rings. The molecule has 76 valence electrons. The molecule has 0 saturated carbocycles. The third-order valence-electron chi connectivity index (χ3n) is 2.22. The second-order valence-electron chi connectivity index (χ2n) is 3.28. The van der Waals surface area contributed by atoms with Crippen molar-refractivity contribution in [1.82, 2.24) is 0 Å². The predicted octanol–water partition coefficient (Wildman–Crippen LogP) is 1.02. The fraction of sp³-hybridized carbons (Fsp3) is 0.182. The van der Waals surface area contributed by atoms with E-state index in [1.165, 1.54) is 0 Å². The molecule has 1 aliphatic rings. The smallest absolute Gasteiger partial charge is 0.143 e. The normalized spacial score (nSPS) is 19.1. The van der Waals surface area contributed by atoms with Crippen molar-refractivity contribution in [1.29, 1.82) is 5.26 Å². The predicted molar refractivity (Wildman–Crippen MR) is 58.5 cm³/mol. The van der Waals surface area contributed by atoms with Crippen molar-refractivity contribution >= 4 is 16.3 Å². The maximum atomic E-state index is 11.1. The van der Waals surface area contributed by atoms with Gasteiger partial charge in [0.15, 0.2) is 0 Å². The topological polar surface area (TPSA) is 43.9 Å². The first-order chi connectivity index (χ1) is 7.29. The number of benzene rings is 1. The van der Waals surface area contributed by atoms with Gasteiger partial charge in [-0.25, -0.2) is 0 Å². The highest BCUT2D eigenvalue weighted by molar-refractivity contribution is 7.98. The van der Waals surface area contributed by atoms with Gasteiger partial charge in [-0.15, -0.1) is 0 Å². The van der Waals surface area contributed by atoms with E-state index in [0.29, 0.717) is 17.9 Å². The molecule has 0 bridgehead atoms. The molecule has 0 spiro atoms. The zero-order chi connectivity index (χ0) is 10.7. The van der Waals surface area contributed by atoms with Gasteiger partial charge in [0.25, 0.3) is 0 Å². The Hall–Kier alpha value is -1.60. The van der Waals surface area contributed by atoms with Crippen LogP contribution in [-0.4, -0.2) is 20.1 Å². The first-order valence-corrected chi connectivity index (χ1v) is 5.97. The van der Waals surface area contributed by atoms with Crippen molar-refractivity contribution in [3.8, 4) is 6.07 Å². The van der Waals surface area contributed by atoms with Crippen LogP contribution in [0.15, 0.2) is 24.3 Å². The molecule has 0 N–H and O–H groups in total. The number of nitrogens with zero attached hydrogens (tertiary/aromatic N) is 2. The van der Waals surface area contributed by atoms with Crippen LogP contribution in [0.4, 0.5) is 0 Å². The Morgan fingerprint density at radius 2 is 2.33 bits per heavy atom. The van der Waals surface area contributed by atoms with Crippen LogP contribution in [0, 0.1) is 17.9 Å². The van der Waals surface area contributed by atoms with E-state index in [0.717, 1.165) is 5.56 Å². The average Bonchev–Trinajstić information content (AvgIpc) is 2.65. The molecule has 1 heterocycles.